The lowest BCUT2D eigenvalue weighted by molar-refractivity contribution is 1.41. The Balaban J connectivity index is 1.38. The zero-order chi connectivity index (χ0) is 25.9. The van der Waals surface area contributed by atoms with Crippen LogP contribution in [-0.4, -0.2) is 9.97 Å². The molecule has 4 heteroatoms. The molecular formula is C35H19N3S. The minimum atomic E-state index is 0.683. The van der Waals surface area contributed by atoms with Crippen molar-refractivity contribution in [2.75, 3.05) is 0 Å². The van der Waals surface area contributed by atoms with E-state index in [1.807, 2.05) is 36.4 Å². The molecule has 3 nitrogen and oxygen atoms in total. The van der Waals surface area contributed by atoms with Crippen LogP contribution in [0.2, 0.25) is 0 Å². The Morgan fingerprint density at radius 1 is 0.538 bits per heavy atom. The fourth-order valence-corrected chi connectivity index (χ4v) is 6.60. The molecule has 3 heterocycles. The zero-order valence-corrected chi connectivity index (χ0v) is 21.5. The van der Waals surface area contributed by atoms with E-state index in [-0.39, 0.29) is 0 Å². The SMILES string of the molecule is N#Cc1ccc2sc3ccc(-c4ccc5c(c4)nc(-c4ccccc4)c4cc6ccccc6nc45)cc3c2c1. The van der Waals surface area contributed by atoms with Crippen molar-refractivity contribution < 1.29 is 0 Å². The third kappa shape index (κ3) is 3.49. The van der Waals surface area contributed by atoms with Crippen molar-refractivity contribution in [1.82, 2.24) is 9.97 Å². The van der Waals surface area contributed by atoms with Crippen LogP contribution in [0, 0.1) is 11.3 Å². The molecule has 0 aliphatic carbocycles. The molecule has 0 amide bonds. The summed E-state index contributed by atoms with van der Waals surface area (Å²) >= 11 is 1.76. The van der Waals surface area contributed by atoms with E-state index in [2.05, 4.69) is 84.9 Å². The van der Waals surface area contributed by atoms with Gasteiger partial charge in [-0.1, -0.05) is 60.7 Å². The number of para-hydroxylation sites is 1. The average Bonchev–Trinajstić information content (AvgIpc) is 3.37. The third-order valence-corrected chi connectivity index (χ3v) is 8.59. The Morgan fingerprint density at radius 2 is 1.28 bits per heavy atom. The van der Waals surface area contributed by atoms with Gasteiger partial charge in [-0.25, -0.2) is 9.97 Å². The monoisotopic (exact) mass is 513 g/mol. The summed E-state index contributed by atoms with van der Waals surface area (Å²) in [7, 11) is 0. The van der Waals surface area contributed by atoms with Crippen molar-refractivity contribution in [2.45, 2.75) is 0 Å². The maximum absolute atomic E-state index is 9.42. The molecule has 0 aliphatic rings. The quantitative estimate of drug-likeness (QED) is 0.171. The fourth-order valence-electron chi connectivity index (χ4n) is 5.53. The van der Waals surface area contributed by atoms with Crippen LogP contribution in [0.1, 0.15) is 5.56 Å². The molecule has 0 fully saturated rings. The molecule has 8 rings (SSSR count). The first-order valence-electron chi connectivity index (χ1n) is 12.8. The number of hydrogen-bond donors (Lipinski definition) is 0. The molecule has 180 valence electrons. The number of rotatable bonds is 2. The van der Waals surface area contributed by atoms with Gasteiger partial charge in [0, 0.05) is 41.9 Å². The molecule has 39 heavy (non-hydrogen) atoms. The van der Waals surface area contributed by atoms with Crippen molar-refractivity contribution >= 4 is 64.2 Å². The Labute approximate surface area is 228 Å². The van der Waals surface area contributed by atoms with Gasteiger partial charge in [-0.15, -0.1) is 11.3 Å². The summed E-state index contributed by atoms with van der Waals surface area (Å²) in [4.78, 5) is 10.3. The van der Waals surface area contributed by atoms with E-state index in [0.29, 0.717) is 5.56 Å². The second-order valence-electron chi connectivity index (χ2n) is 9.77. The van der Waals surface area contributed by atoms with Gasteiger partial charge in [-0.05, 0) is 65.7 Å². The molecule has 0 radical (unpaired) electrons. The van der Waals surface area contributed by atoms with E-state index in [0.717, 1.165) is 60.5 Å². The minimum Gasteiger partial charge on any atom is -0.247 e. The standard InChI is InChI=1S/C35H19N3S/c36-20-21-10-14-32-27(16-21)28-17-23(12-15-33(28)39-32)24-11-13-26-31(19-24)38-34(22-6-2-1-3-7-22)29-18-25-8-4-5-9-30(25)37-35(26)29/h1-19H. The molecule has 3 aromatic heterocycles. The first-order chi connectivity index (χ1) is 19.2. The highest BCUT2D eigenvalue weighted by atomic mass is 32.1. The highest BCUT2D eigenvalue weighted by Crippen LogP contribution is 2.39. The second-order valence-corrected chi connectivity index (χ2v) is 10.9. The Morgan fingerprint density at radius 3 is 2.15 bits per heavy atom. The summed E-state index contributed by atoms with van der Waals surface area (Å²) in [5.41, 5.74) is 7.79. The Bertz CT molecular complexity index is 2290. The maximum Gasteiger partial charge on any atom is 0.0991 e. The smallest absolute Gasteiger partial charge is 0.0991 e. The number of aromatic nitrogens is 2. The van der Waals surface area contributed by atoms with Gasteiger partial charge in [0.25, 0.3) is 0 Å². The summed E-state index contributed by atoms with van der Waals surface area (Å²) < 4.78 is 2.41. The predicted octanol–water partition coefficient (Wildman–Crippen LogP) is 9.51. The van der Waals surface area contributed by atoms with Crippen LogP contribution in [0.4, 0.5) is 0 Å². The summed E-state index contributed by atoms with van der Waals surface area (Å²) in [6, 6.07) is 42.1. The van der Waals surface area contributed by atoms with E-state index < -0.39 is 0 Å². The zero-order valence-electron chi connectivity index (χ0n) is 20.7. The Kier molecular flexibility index (Phi) is 4.75. The topological polar surface area (TPSA) is 49.6 Å². The summed E-state index contributed by atoms with van der Waals surface area (Å²) in [5.74, 6) is 0. The maximum atomic E-state index is 9.42. The first kappa shape index (κ1) is 21.9. The van der Waals surface area contributed by atoms with Gasteiger partial charge in [-0.2, -0.15) is 5.26 Å². The molecule has 5 aromatic carbocycles. The van der Waals surface area contributed by atoms with Gasteiger partial charge in [0.2, 0.25) is 0 Å². The largest absolute Gasteiger partial charge is 0.247 e. The van der Waals surface area contributed by atoms with E-state index in [1.165, 1.54) is 14.8 Å². The van der Waals surface area contributed by atoms with Crippen molar-refractivity contribution in [2.24, 2.45) is 0 Å². The average molecular weight is 514 g/mol. The molecular weight excluding hydrogens is 494 g/mol. The van der Waals surface area contributed by atoms with Crippen LogP contribution in [0.15, 0.2) is 115 Å². The predicted molar refractivity (Wildman–Crippen MR) is 163 cm³/mol. The number of nitrogens with zero attached hydrogens (tertiary/aromatic N) is 3. The molecule has 8 aromatic rings. The number of pyridine rings is 2. The molecule has 0 atom stereocenters. The van der Waals surface area contributed by atoms with Crippen molar-refractivity contribution in [1.29, 1.82) is 5.26 Å². The van der Waals surface area contributed by atoms with Gasteiger partial charge in [0.15, 0.2) is 0 Å². The van der Waals surface area contributed by atoms with Gasteiger partial charge in [0.05, 0.1) is 33.9 Å². The van der Waals surface area contributed by atoms with E-state index in [9.17, 15) is 5.26 Å². The van der Waals surface area contributed by atoms with Crippen LogP contribution >= 0.6 is 11.3 Å². The molecule has 0 saturated heterocycles. The summed E-state index contributed by atoms with van der Waals surface area (Å²) in [5, 5.41) is 14.9. The summed E-state index contributed by atoms with van der Waals surface area (Å²) in [6.07, 6.45) is 0. The minimum absolute atomic E-state index is 0.683. The number of hydrogen-bond acceptors (Lipinski definition) is 4. The lowest BCUT2D eigenvalue weighted by atomic mass is 9.98. The van der Waals surface area contributed by atoms with Crippen LogP contribution in [0.5, 0.6) is 0 Å². The van der Waals surface area contributed by atoms with Crippen LogP contribution in [0.3, 0.4) is 0 Å². The number of benzene rings is 5. The van der Waals surface area contributed by atoms with E-state index in [4.69, 9.17) is 9.97 Å². The molecule has 0 spiro atoms. The normalized spacial score (nSPS) is 11.6. The van der Waals surface area contributed by atoms with E-state index >= 15 is 0 Å². The first-order valence-corrected chi connectivity index (χ1v) is 13.6. The molecule has 0 N–H and O–H groups in total. The van der Waals surface area contributed by atoms with Crippen molar-refractivity contribution in [3.8, 4) is 28.5 Å². The number of thiophene rings is 1. The Hall–Kier alpha value is -5.11. The van der Waals surface area contributed by atoms with Gasteiger partial charge in [0.1, 0.15) is 0 Å². The van der Waals surface area contributed by atoms with Gasteiger partial charge < -0.3 is 0 Å². The van der Waals surface area contributed by atoms with Crippen molar-refractivity contribution in [3.63, 3.8) is 0 Å². The molecule has 0 unspecified atom stereocenters. The summed E-state index contributed by atoms with van der Waals surface area (Å²) in [6.45, 7) is 0. The van der Waals surface area contributed by atoms with Crippen LogP contribution in [0.25, 0.3) is 75.3 Å². The molecule has 0 saturated carbocycles. The molecule has 0 bridgehead atoms. The van der Waals surface area contributed by atoms with Gasteiger partial charge in [-0.3, -0.25) is 0 Å². The number of nitriles is 1. The highest BCUT2D eigenvalue weighted by Gasteiger charge is 2.14. The highest BCUT2D eigenvalue weighted by molar-refractivity contribution is 7.25. The second kappa shape index (κ2) is 8.46. The molecule has 0 aliphatic heterocycles. The van der Waals surface area contributed by atoms with E-state index in [1.54, 1.807) is 11.3 Å². The van der Waals surface area contributed by atoms with Crippen LogP contribution in [-0.2, 0) is 0 Å². The third-order valence-electron chi connectivity index (χ3n) is 7.44. The number of fused-ring (bicyclic) bond motifs is 7. The lowest BCUT2D eigenvalue weighted by Crippen LogP contribution is -1.93. The van der Waals surface area contributed by atoms with Crippen molar-refractivity contribution in [3.05, 3.63) is 121 Å². The van der Waals surface area contributed by atoms with Gasteiger partial charge >= 0.3 is 0 Å². The lowest BCUT2D eigenvalue weighted by Gasteiger charge is -2.12. The fraction of sp³-hybridized carbons (Fsp3) is 0. The van der Waals surface area contributed by atoms with Crippen LogP contribution < -0.4 is 0 Å².